The highest BCUT2D eigenvalue weighted by Gasteiger charge is 2.15. The molecule has 0 atom stereocenters. The van der Waals surface area contributed by atoms with Crippen molar-refractivity contribution >= 4 is 11.4 Å². The van der Waals surface area contributed by atoms with Gasteiger partial charge in [-0.2, -0.15) is 0 Å². The minimum absolute atomic E-state index is 0. The molecule has 1 aliphatic heterocycles. The van der Waals surface area contributed by atoms with E-state index < -0.39 is 0 Å². The van der Waals surface area contributed by atoms with Crippen LogP contribution in [0.2, 0.25) is 0 Å². The summed E-state index contributed by atoms with van der Waals surface area (Å²) in [6.07, 6.45) is 5.18. The van der Waals surface area contributed by atoms with E-state index in [-0.39, 0.29) is 12.4 Å². The van der Waals surface area contributed by atoms with Gasteiger partial charge in [0.2, 0.25) is 5.71 Å². The second-order valence-corrected chi connectivity index (χ2v) is 4.59. The molecule has 0 aromatic heterocycles. The summed E-state index contributed by atoms with van der Waals surface area (Å²) in [5.74, 6) is 0. The summed E-state index contributed by atoms with van der Waals surface area (Å²) in [4.78, 5) is 3.45. The minimum atomic E-state index is 0. The van der Waals surface area contributed by atoms with Gasteiger partial charge in [0.25, 0.3) is 0 Å². The van der Waals surface area contributed by atoms with E-state index in [4.69, 9.17) is 0 Å². The van der Waals surface area contributed by atoms with Crippen molar-refractivity contribution in [3.63, 3.8) is 0 Å². The zero-order chi connectivity index (χ0) is 12.9. The average Bonchev–Trinajstić information content (AvgIpc) is 2.49. The lowest BCUT2D eigenvalue weighted by molar-refractivity contribution is -0.456. The van der Waals surface area contributed by atoms with E-state index in [1.54, 1.807) is 0 Å². The second kappa shape index (κ2) is 6.92. The highest BCUT2D eigenvalue weighted by molar-refractivity contribution is 6.06. The van der Waals surface area contributed by atoms with Crippen LogP contribution in [-0.2, 0) is 6.42 Å². The molecule has 0 spiro atoms. The first-order valence-electron chi connectivity index (χ1n) is 6.61. The van der Waals surface area contributed by atoms with Crippen LogP contribution in [0.5, 0.6) is 0 Å². The molecule has 2 aromatic carbocycles. The van der Waals surface area contributed by atoms with E-state index in [1.807, 2.05) is 24.4 Å². The summed E-state index contributed by atoms with van der Waals surface area (Å²) in [7, 11) is 0. The van der Waals surface area contributed by atoms with Crippen molar-refractivity contribution in [3.8, 4) is 0 Å². The Morgan fingerprint density at radius 2 is 1.70 bits per heavy atom. The fourth-order valence-electron chi connectivity index (χ4n) is 2.33. The quantitative estimate of drug-likeness (QED) is 0.723. The Bertz CT molecular complexity index is 618. The van der Waals surface area contributed by atoms with E-state index in [9.17, 15) is 0 Å². The van der Waals surface area contributed by atoms with Gasteiger partial charge in [0.05, 0.1) is 0 Å². The third-order valence-corrected chi connectivity index (χ3v) is 3.29. The molecule has 20 heavy (non-hydrogen) atoms. The first kappa shape index (κ1) is 14.4. The number of hydrogen-bond donors (Lipinski definition) is 2. The number of halogens is 1. The van der Waals surface area contributed by atoms with Crippen molar-refractivity contribution in [2.24, 2.45) is 0 Å². The molecule has 0 bridgehead atoms. The molecule has 3 heteroatoms. The van der Waals surface area contributed by atoms with Crippen molar-refractivity contribution in [2.45, 2.75) is 6.42 Å². The Kier molecular flexibility index (Phi) is 4.97. The van der Waals surface area contributed by atoms with Crippen molar-refractivity contribution in [3.05, 3.63) is 78.0 Å². The Morgan fingerprint density at radius 1 is 0.950 bits per heavy atom. The van der Waals surface area contributed by atoms with Gasteiger partial charge >= 0.3 is 0 Å². The monoisotopic (exact) mass is 284 g/mol. The highest BCUT2D eigenvalue weighted by atomic mass is 35.5. The third kappa shape index (κ3) is 3.28. The predicted octanol–water partition coefficient (Wildman–Crippen LogP) is -1.26. The van der Waals surface area contributed by atoms with Crippen LogP contribution in [0.1, 0.15) is 11.1 Å². The van der Waals surface area contributed by atoms with Gasteiger partial charge in [0.1, 0.15) is 6.54 Å². The molecule has 0 radical (unpaired) electrons. The smallest absolute Gasteiger partial charge is 0.207 e. The minimum Gasteiger partial charge on any atom is -1.00 e. The molecule has 2 nitrogen and oxygen atoms in total. The summed E-state index contributed by atoms with van der Waals surface area (Å²) in [6.45, 7) is 1.00. The van der Waals surface area contributed by atoms with Gasteiger partial charge in [-0.05, 0) is 23.8 Å². The van der Waals surface area contributed by atoms with Crippen LogP contribution in [0.15, 0.2) is 66.9 Å². The van der Waals surface area contributed by atoms with Crippen LogP contribution >= 0.6 is 0 Å². The molecule has 0 saturated carbocycles. The van der Waals surface area contributed by atoms with Gasteiger partial charge in [-0.25, -0.2) is 4.99 Å². The molecule has 0 aliphatic carbocycles. The molecule has 0 unspecified atom stereocenters. The van der Waals surface area contributed by atoms with Gasteiger partial charge < -0.3 is 17.7 Å². The van der Waals surface area contributed by atoms with Crippen LogP contribution in [0.25, 0.3) is 0 Å². The van der Waals surface area contributed by atoms with Crippen LogP contribution in [0.4, 0.5) is 5.69 Å². The number of hydrogen-bond acceptors (Lipinski definition) is 1. The maximum Gasteiger partial charge on any atom is 0.207 e. The maximum absolute atomic E-state index is 3.45. The number of benzene rings is 2. The van der Waals surface area contributed by atoms with E-state index >= 15 is 0 Å². The van der Waals surface area contributed by atoms with Crippen LogP contribution in [0, 0.1) is 0 Å². The number of fused-ring (bicyclic) bond motifs is 1. The lowest BCUT2D eigenvalue weighted by Gasteiger charge is -2.09. The first-order valence-corrected chi connectivity index (χ1v) is 6.61. The summed E-state index contributed by atoms with van der Waals surface area (Å²) in [6, 6.07) is 18.7. The average molecular weight is 285 g/mol. The van der Waals surface area contributed by atoms with Gasteiger partial charge in [-0.15, -0.1) is 0 Å². The zero-order valence-electron chi connectivity index (χ0n) is 11.1. The van der Waals surface area contributed by atoms with Gasteiger partial charge in [-0.3, -0.25) is 0 Å². The summed E-state index contributed by atoms with van der Waals surface area (Å²) in [5.41, 5.74) is 5.01. The molecular weight excluding hydrogens is 268 g/mol. The highest BCUT2D eigenvalue weighted by Crippen LogP contribution is 2.11. The van der Waals surface area contributed by atoms with Crippen molar-refractivity contribution < 1.29 is 17.4 Å². The third-order valence-electron chi connectivity index (χ3n) is 3.29. The number of rotatable bonds is 3. The lowest BCUT2D eigenvalue weighted by Crippen LogP contribution is -3.00. The Morgan fingerprint density at radius 3 is 2.55 bits per heavy atom. The largest absolute Gasteiger partial charge is 1.00 e. The second-order valence-electron chi connectivity index (χ2n) is 4.59. The van der Waals surface area contributed by atoms with Gasteiger partial charge in [-0.1, -0.05) is 36.4 Å². The summed E-state index contributed by atoms with van der Waals surface area (Å²) < 4.78 is 0. The SMILES string of the molecule is C(=C\C1=[NH+]CCc2ccccc21)/Nc1ccccc1.[Cl-]. The number of para-hydroxylation sites is 1. The van der Waals surface area contributed by atoms with Crippen LogP contribution < -0.4 is 22.7 Å². The predicted molar refractivity (Wildman–Crippen MR) is 79.3 cm³/mol. The standard InChI is InChI=1S/C17H16N2.ClH/c1-2-7-15(8-3-1)18-13-11-17-16-9-5-4-6-14(16)10-12-19-17;/h1-9,11,13,18H,10,12H2;1H/b13-11+;. The van der Waals surface area contributed by atoms with E-state index in [0.29, 0.717) is 0 Å². The fraction of sp³-hybridized carbons (Fsp3) is 0.118. The molecular formula is C17H17ClN2. The summed E-state index contributed by atoms with van der Waals surface area (Å²) in [5, 5.41) is 3.28. The molecule has 0 amide bonds. The zero-order valence-corrected chi connectivity index (χ0v) is 11.9. The van der Waals surface area contributed by atoms with Crippen molar-refractivity contribution in [1.29, 1.82) is 0 Å². The lowest BCUT2D eigenvalue weighted by atomic mass is 9.98. The topological polar surface area (TPSA) is 26.0 Å². The number of allylic oxidation sites excluding steroid dienone is 1. The molecule has 102 valence electrons. The Hall–Kier alpha value is -2.06. The maximum atomic E-state index is 3.45. The van der Waals surface area contributed by atoms with Gasteiger partial charge in [0, 0.05) is 29.9 Å². The number of nitrogens with one attached hydrogen (secondary N) is 2. The van der Waals surface area contributed by atoms with E-state index in [2.05, 4.69) is 52.8 Å². The molecule has 0 fully saturated rings. The Balaban J connectivity index is 0.00000147. The summed E-state index contributed by atoms with van der Waals surface area (Å²) >= 11 is 0. The van der Waals surface area contributed by atoms with Crippen molar-refractivity contribution in [1.82, 2.24) is 0 Å². The first-order chi connectivity index (χ1) is 9.43. The molecule has 2 N–H and O–H groups in total. The number of anilines is 1. The van der Waals surface area contributed by atoms with Crippen LogP contribution in [0.3, 0.4) is 0 Å². The van der Waals surface area contributed by atoms with E-state index in [0.717, 1.165) is 18.7 Å². The molecule has 2 aromatic rings. The fourth-order valence-corrected chi connectivity index (χ4v) is 2.33. The van der Waals surface area contributed by atoms with Crippen LogP contribution in [-0.4, -0.2) is 12.3 Å². The molecule has 1 heterocycles. The normalized spacial score (nSPS) is 13.3. The van der Waals surface area contributed by atoms with E-state index in [1.165, 1.54) is 16.8 Å². The Labute approximate surface area is 125 Å². The molecule has 3 rings (SSSR count). The molecule has 0 saturated heterocycles. The molecule has 1 aliphatic rings. The van der Waals surface area contributed by atoms with Gasteiger partial charge in [0.15, 0.2) is 0 Å². The van der Waals surface area contributed by atoms with Crippen molar-refractivity contribution in [2.75, 3.05) is 11.9 Å².